The first-order valence-corrected chi connectivity index (χ1v) is 11.1. The van der Waals surface area contributed by atoms with E-state index in [1.165, 1.54) is 64.2 Å². The summed E-state index contributed by atoms with van der Waals surface area (Å²) >= 11 is 0. The maximum absolute atomic E-state index is 9.81. The minimum Gasteiger partial charge on any atom is -0.394 e. The maximum atomic E-state index is 9.81. The van der Waals surface area contributed by atoms with Crippen LogP contribution in [0.4, 0.5) is 0 Å². The molecule has 0 aliphatic carbocycles. The van der Waals surface area contributed by atoms with Crippen molar-refractivity contribution < 1.29 is 24.8 Å². The van der Waals surface area contributed by atoms with Crippen LogP contribution >= 0.6 is 0 Å². The molecule has 0 spiro atoms. The molecule has 0 aromatic rings. The van der Waals surface area contributed by atoms with E-state index in [0.717, 1.165) is 12.8 Å². The minimum atomic E-state index is -0.980. The average Bonchev–Trinajstić information content (AvgIpc) is 3.00. The van der Waals surface area contributed by atoms with Crippen LogP contribution in [-0.2, 0) is 9.47 Å². The van der Waals surface area contributed by atoms with Crippen LogP contribution in [0, 0.1) is 0 Å². The molecular formula is C22H42O5. The van der Waals surface area contributed by atoms with E-state index in [9.17, 15) is 15.3 Å². The Morgan fingerprint density at radius 3 is 2.07 bits per heavy atom. The van der Waals surface area contributed by atoms with Gasteiger partial charge in [-0.25, -0.2) is 0 Å². The Bertz CT molecular complexity index is 361. The van der Waals surface area contributed by atoms with Crippen molar-refractivity contribution in [2.45, 2.75) is 108 Å². The van der Waals surface area contributed by atoms with Gasteiger partial charge in [-0.2, -0.15) is 0 Å². The molecule has 0 radical (unpaired) electrons. The van der Waals surface area contributed by atoms with Crippen molar-refractivity contribution >= 4 is 0 Å². The van der Waals surface area contributed by atoms with Crippen molar-refractivity contribution in [1.29, 1.82) is 0 Å². The zero-order valence-corrected chi connectivity index (χ0v) is 17.2. The Kier molecular flexibility index (Phi) is 15.0. The van der Waals surface area contributed by atoms with Gasteiger partial charge in [0.1, 0.15) is 24.4 Å². The maximum Gasteiger partial charge on any atom is 0.114 e. The van der Waals surface area contributed by atoms with Crippen LogP contribution in [0.15, 0.2) is 12.2 Å². The summed E-state index contributed by atoms with van der Waals surface area (Å²) in [6.45, 7) is 2.69. The third kappa shape index (κ3) is 11.2. The molecule has 160 valence electrons. The molecule has 0 aromatic heterocycles. The summed E-state index contributed by atoms with van der Waals surface area (Å²) in [7, 11) is 0. The summed E-state index contributed by atoms with van der Waals surface area (Å²) in [6.07, 6.45) is 16.5. The van der Waals surface area contributed by atoms with Crippen molar-refractivity contribution in [3.05, 3.63) is 12.2 Å². The lowest BCUT2D eigenvalue weighted by molar-refractivity contribution is -0.101. The van der Waals surface area contributed by atoms with Crippen LogP contribution in [0.2, 0.25) is 0 Å². The number of ether oxygens (including phenoxy) is 2. The highest BCUT2D eigenvalue weighted by atomic mass is 16.6. The molecule has 1 rings (SSSR count). The Morgan fingerprint density at radius 1 is 0.926 bits per heavy atom. The minimum absolute atomic E-state index is 0.0962. The molecule has 1 heterocycles. The molecule has 27 heavy (non-hydrogen) atoms. The quantitative estimate of drug-likeness (QED) is 0.262. The lowest BCUT2D eigenvalue weighted by Crippen LogP contribution is -2.42. The van der Waals surface area contributed by atoms with E-state index >= 15 is 0 Å². The molecule has 4 atom stereocenters. The van der Waals surface area contributed by atoms with E-state index in [4.69, 9.17) is 9.47 Å². The number of allylic oxidation sites excluding steroid dienone is 2. The molecule has 0 unspecified atom stereocenters. The summed E-state index contributed by atoms with van der Waals surface area (Å²) in [6, 6.07) is 0. The normalized spacial score (nSPS) is 24.1. The molecular weight excluding hydrogens is 344 g/mol. The number of hydrogen-bond acceptors (Lipinski definition) is 5. The molecule has 0 saturated carbocycles. The van der Waals surface area contributed by atoms with Crippen molar-refractivity contribution in [3.63, 3.8) is 0 Å². The van der Waals surface area contributed by atoms with Crippen molar-refractivity contribution in [3.8, 4) is 0 Å². The van der Waals surface area contributed by atoms with Gasteiger partial charge in [0.2, 0.25) is 0 Å². The van der Waals surface area contributed by atoms with Gasteiger partial charge < -0.3 is 24.8 Å². The van der Waals surface area contributed by atoms with Gasteiger partial charge in [0, 0.05) is 6.61 Å². The van der Waals surface area contributed by atoms with Crippen molar-refractivity contribution in [2.24, 2.45) is 0 Å². The fraction of sp³-hybridized carbons (Fsp3) is 0.909. The second kappa shape index (κ2) is 16.5. The predicted molar refractivity (Wildman–Crippen MR) is 109 cm³/mol. The standard InChI is InChI=1S/C22H42O5/c1-2-3-4-5-6-7-8-9-10-11-12-13-14-15-16-26-20(17-23)22-21(25)19(24)18-27-22/h8-9,19-25H,2-7,10-18H2,1H3/b9-8+/t19-,20+,21-,22-/m0/s1. The molecule has 0 amide bonds. The number of aliphatic hydroxyl groups excluding tert-OH is 3. The van der Waals surface area contributed by atoms with Gasteiger partial charge in [0.05, 0.1) is 13.2 Å². The highest BCUT2D eigenvalue weighted by molar-refractivity contribution is 4.88. The summed E-state index contributed by atoms with van der Waals surface area (Å²) in [4.78, 5) is 0. The van der Waals surface area contributed by atoms with E-state index in [1.54, 1.807) is 0 Å². The lowest BCUT2D eigenvalue weighted by Gasteiger charge is -2.24. The fourth-order valence-electron chi connectivity index (χ4n) is 3.44. The van der Waals surface area contributed by atoms with Crippen LogP contribution in [0.25, 0.3) is 0 Å². The van der Waals surface area contributed by atoms with Crippen LogP contribution in [0.1, 0.15) is 84.0 Å². The largest absolute Gasteiger partial charge is 0.394 e. The molecule has 5 heteroatoms. The van der Waals surface area contributed by atoms with Crippen LogP contribution < -0.4 is 0 Å². The molecule has 3 N–H and O–H groups in total. The zero-order chi connectivity index (χ0) is 19.7. The zero-order valence-electron chi connectivity index (χ0n) is 17.2. The van der Waals surface area contributed by atoms with E-state index < -0.39 is 24.4 Å². The van der Waals surface area contributed by atoms with Crippen molar-refractivity contribution in [1.82, 2.24) is 0 Å². The van der Waals surface area contributed by atoms with Gasteiger partial charge in [0.15, 0.2) is 0 Å². The molecule has 1 aliphatic rings. The Hall–Kier alpha value is -0.460. The highest BCUT2D eigenvalue weighted by Crippen LogP contribution is 2.20. The van der Waals surface area contributed by atoms with Gasteiger partial charge in [-0.05, 0) is 32.1 Å². The summed E-state index contributed by atoms with van der Waals surface area (Å²) in [5.74, 6) is 0. The number of rotatable bonds is 17. The summed E-state index contributed by atoms with van der Waals surface area (Å²) in [5.41, 5.74) is 0. The van der Waals surface area contributed by atoms with Crippen LogP contribution in [0.3, 0.4) is 0 Å². The van der Waals surface area contributed by atoms with Crippen LogP contribution in [-0.4, -0.2) is 59.6 Å². The summed E-state index contributed by atoms with van der Waals surface area (Å²) < 4.78 is 11.0. The van der Waals surface area contributed by atoms with Gasteiger partial charge in [-0.1, -0.05) is 64.0 Å². The van der Waals surface area contributed by atoms with E-state index in [-0.39, 0.29) is 13.2 Å². The van der Waals surface area contributed by atoms with Gasteiger partial charge in [-0.15, -0.1) is 0 Å². The second-order valence-corrected chi connectivity index (χ2v) is 7.68. The predicted octanol–water partition coefficient (Wildman–Crippen LogP) is 3.74. The third-order valence-corrected chi connectivity index (χ3v) is 5.22. The first-order valence-electron chi connectivity index (χ1n) is 11.1. The Morgan fingerprint density at radius 2 is 1.52 bits per heavy atom. The third-order valence-electron chi connectivity index (χ3n) is 5.22. The fourth-order valence-corrected chi connectivity index (χ4v) is 3.44. The van der Waals surface area contributed by atoms with Crippen LogP contribution in [0.5, 0.6) is 0 Å². The first kappa shape index (κ1) is 24.6. The summed E-state index contributed by atoms with van der Waals surface area (Å²) in [5, 5.41) is 28.7. The van der Waals surface area contributed by atoms with E-state index in [1.807, 2.05) is 0 Å². The molecule has 5 nitrogen and oxygen atoms in total. The topological polar surface area (TPSA) is 79.2 Å². The Balaban J connectivity index is 1.89. The monoisotopic (exact) mass is 386 g/mol. The van der Waals surface area contributed by atoms with E-state index in [2.05, 4.69) is 19.1 Å². The second-order valence-electron chi connectivity index (χ2n) is 7.68. The highest BCUT2D eigenvalue weighted by Gasteiger charge is 2.40. The van der Waals surface area contributed by atoms with Gasteiger partial charge >= 0.3 is 0 Å². The molecule has 1 fully saturated rings. The van der Waals surface area contributed by atoms with Gasteiger partial charge in [0.25, 0.3) is 0 Å². The van der Waals surface area contributed by atoms with Gasteiger partial charge in [-0.3, -0.25) is 0 Å². The molecule has 1 aliphatic heterocycles. The number of hydrogen-bond donors (Lipinski definition) is 3. The average molecular weight is 387 g/mol. The molecule has 0 bridgehead atoms. The molecule has 0 aromatic carbocycles. The smallest absolute Gasteiger partial charge is 0.114 e. The number of unbranched alkanes of at least 4 members (excludes halogenated alkanes) is 10. The molecule has 1 saturated heterocycles. The lowest BCUT2D eigenvalue weighted by atomic mass is 10.1. The first-order chi connectivity index (χ1) is 13.2. The SMILES string of the molecule is CCCCCCC/C=C/CCCCCCCO[C@H](CO)[C@@H]1OC[C@H](O)[C@@H]1O. The van der Waals surface area contributed by atoms with E-state index in [0.29, 0.717) is 6.61 Å². The number of aliphatic hydroxyl groups is 3. The van der Waals surface area contributed by atoms with Crippen molar-refractivity contribution in [2.75, 3.05) is 19.8 Å². The Labute approximate surface area is 165 Å².